The number of amides is 1. The number of anilines is 1. The molecule has 1 aromatic carbocycles. The van der Waals surface area contributed by atoms with Gasteiger partial charge < -0.3 is 9.84 Å². The Hall–Kier alpha value is -3.46. The lowest BCUT2D eigenvalue weighted by Gasteiger charge is -2.22. The summed E-state index contributed by atoms with van der Waals surface area (Å²) in [7, 11) is 0. The van der Waals surface area contributed by atoms with Gasteiger partial charge >= 0.3 is 6.09 Å². The summed E-state index contributed by atoms with van der Waals surface area (Å²) in [6.07, 6.45) is 5.47. The van der Waals surface area contributed by atoms with Gasteiger partial charge in [-0.25, -0.2) is 9.48 Å². The fraction of sp³-hybridized carbons (Fsp3) is 0.391. The highest BCUT2D eigenvalue weighted by Crippen LogP contribution is 2.21. The molecule has 0 spiro atoms. The normalized spacial score (nSPS) is 15.9. The molecule has 0 bridgehead atoms. The van der Waals surface area contributed by atoms with Crippen molar-refractivity contribution >= 4 is 11.8 Å². The summed E-state index contributed by atoms with van der Waals surface area (Å²) < 4.78 is 8.94. The predicted molar refractivity (Wildman–Crippen MR) is 120 cm³/mol. The number of rotatable bonds is 7. The average molecular weight is 438 g/mol. The van der Waals surface area contributed by atoms with Crippen LogP contribution in [0.4, 0.5) is 10.5 Å². The first-order valence-corrected chi connectivity index (χ1v) is 10.7. The molecule has 3 heterocycles. The van der Waals surface area contributed by atoms with E-state index in [0.29, 0.717) is 31.0 Å². The minimum Gasteiger partial charge on any atom is -0.465 e. The van der Waals surface area contributed by atoms with Crippen LogP contribution >= 0.6 is 0 Å². The van der Waals surface area contributed by atoms with Crippen LogP contribution < -0.4 is 10.3 Å². The van der Waals surface area contributed by atoms with Crippen LogP contribution in [-0.2, 0) is 11.2 Å². The molecule has 3 aromatic rings. The van der Waals surface area contributed by atoms with Gasteiger partial charge in [-0.1, -0.05) is 26.0 Å². The number of carboxylic acid groups (broad SMARTS) is 1. The molecule has 168 valence electrons. The Morgan fingerprint density at radius 3 is 2.91 bits per heavy atom. The lowest BCUT2D eigenvalue weighted by molar-refractivity contribution is 0.184. The lowest BCUT2D eigenvalue weighted by atomic mass is 10.1. The number of benzene rings is 1. The maximum absolute atomic E-state index is 12.5. The smallest absolute Gasteiger partial charge is 0.411 e. The summed E-state index contributed by atoms with van der Waals surface area (Å²) in [4.78, 5) is 25.5. The first-order chi connectivity index (χ1) is 15.4. The zero-order valence-electron chi connectivity index (χ0n) is 18.2. The molecule has 9 heteroatoms. The first-order valence-electron chi connectivity index (χ1n) is 10.7. The highest BCUT2D eigenvalue weighted by atomic mass is 16.5. The molecule has 0 saturated carbocycles. The van der Waals surface area contributed by atoms with E-state index in [1.54, 1.807) is 35.3 Å². The SMILES string of the molecule is CC(C)CN(C(=O)O)c1cccc(Cc2nn(-c3cnn(C4CCOC4)c3)ccc2=O)c1. The Bertz CT molecular complexity index is 1150. The molecular formula is C23H27N5O4. The third-order valence-electron chi connectivity index (χ3n) is 5.38. The van der Waals surface area contributed by atoms with Crippen molar-refractivity contribution < 1.29 is 14.6 Å². The first kappa shape index (κ1) is 21.8. The van der Waals surface area contributed by atoms with E-state index >= 15 is 0 Å². The van der Waals surface area contributed by atoms with Gasteiger partial charge in [0.25, 0.3) is 0 Å². The van der Waals surface area contributed by atoms with Crippen LogP contribution in [0.5, 0.6) is 0 Å². The molecule has 1 aliphatic heterocycles. The van der Waals surface area contributed by atoms with E-state index in [-0.39, 0.29) is 17.4 Å². The molecule has 1 unspecified atom stereocenters. The summed E-state index contributed by atoms with van der Waals surface area (Å²) >= 11 is 0. The van der Waals surface area contributed by atoms with Crippen LogP contribution in [-0.4, -0.2) is 50.5 Å². The third kappa shape index (κ3) is 4.88. The zero-order chi connectivity index (χ0) is 22.7. The van der Waals surface area contributed by atoms with Crippen molar-refractivity contribution in [1.29, 1.82) is 0 Å². The summed E-state index contributed by atoms with van der Waals surface area (Å²) in [6.45, 7) is 5.71. The molecular weight excluding hydrogens is 410 g/mol. The molecule has 4 rings (SSSR count). The molecule has 1 N–H and O–H groups in total. The average Bonchev–Trinajstić information content (AvgIpc) is 3.45. The topological polar surface area (TPSA) is 102 Å². The maximum Gasteiger partial charge on any atom is 0.411 e. The van der Waals surface area contributed by atoms with E-state index < -0.39 is 6.09 Å². The van der Waals surface area contributed by atoms with Gasteiger partial charge in [-0.05, 0) is 30.0 Å². The second kappa shape index (κ2) is 9.35. The Morgan fingerprint density at radius 2 is 2.19 bits per heavy atom. The highest BCUT2D eigenvalue weighted by molar-refractivity contribution is 5.86. The summed E-state index contributed by atoms with van der Waals surface area (Å²) in [6, 6.07) is 8.94. The van der Waals surface area contributed by atoms with E-state index in [9.17, 15) is 14.7 Å². The van der Waals surface area contributed by atoms with Crippen molar-refractivity contribution in [3.05, 3.63) is 70.4 Å². The Balaban J connectivity index is 1.57. The predicted octanol–water partition coefficient (Wildman–Crippen LogP) is 3.12. The second-order valence-electron chi connectivity index (χ2n) is 8.40. The molecule has 32 heavy (non-hydrogen) atoms. The maximum atomic E-state index is 12.5. The van der Waals surface area contributed by atoms with Crippen molar-refractivity contribution in [1.82, 2.24) is 19.6 Å². The van der Waals surface area contributed by atoms with Gasteiger partial charge in [0.1, 0.15) is 11.4 Å². The minimum atomic E-state index is -0.999. The molecule has 1 fully saturated rings. The summed E-state index contributed by atoms with van der Waals surface area (Å²) in [5, 5.41) is 18.5. The molecule has 1 atom stereocenters. The Labute approximate surface area is 185 Å². The Morgan fingerprint density at radius 1 is 1.34 bits per heavy atom. The highest BCUT2D eigenvalue weighted by Gasteiger charge is 2.19. The molecule has 9 nitrogen and oxygen atoms in total. The molecule has 0 radical (unpaired) electrons. The van der Waals surface area contributed by atoms with Crippen LogP contribution in [0.3, 0.4) is 0 Å². The van der Waals surface area contributed by atoms with Crippen LogP contribution in [0.2, 0.25) is 0 Å². The van der Waals surface area contributed by atoms with Crippen molar-refractivity contribution in [2.75, 3.05) is 24.7 Å². The van der Waals surface area contributed by atoms with E-state index in [0.717, 1.165) is 24.3 Å². The quantitative estimate of drug-likeness (QED) is 0.609. The fourth-order valence-electron chi connectivity index (χ4n) is 3.78. The van der Waals surface area contributed by atoms with Crippen LogP contribution in [0.1, 0.15) is 37.6 Å². The number of ether oxygens (including phenoxy) is 1. The monoisotopic (exact) mass is 437 g/mol. The van der Waals surface area contributed by atoms with Gasteiger partial charge in [-0.3, -0.25) is 14.4 Å². The van der Waals surface area contributed by atoms with Crippen LogP contribution in [0.15, 0.2) is 53.7 Å². The van der Waals surface area contributed by atoms with E-state index in [1.165, 1.54) is 11.0 Å². The minimum absolute atomic E-state index is 0.166. The number of nitrogens with zero attached hydrogens (tertiary/aromatic N) is 5. The Kier molecular flexibility index (Phi) is 6.36. The number of hydrogen-bond acceptors (Lipinski definition) is 5. The fourth-order valence-corrected chi connectivity index (χ4v) is 3.78. The summed E-state index contributed by atoms with van der Waals surface area (Å²) in [5.74, 6) is 0.189. The van der Waals surface area contributed by atoms with Gasteiger partial charge in [-0.15, -0.1) is 0 Å². The van der Waals surface area contributed by atoms with Crippen LogP contribution in [0, 0.1) is 5.92 Å². The van der Waals surface area contributed by atoms with Gasteiger partial charge in [0.15, 0.2) is 0 Å². The van der Waals surface area contributed by atoms with Crippen molar-refractivity contribution in [3.63, 3.8) is 0 Å². The number of aromatic nitrogens is 4. The van der Waals surface area contributed by atoms with Crippen LogP contribution in [0.25, 0.3) is 5.69 Å². The van der Waals surface area contributed by atoms with Crippen molar-refractivity contribution in [3.8, 4) is 5.69 Å². The van der Waals surface area contributed by atoms with E-state index in [1.807, 2.05) is 30.8 Å². The molecule has 1 amide bonds. The van der Waals surface area contributed by atoms with Gasteiger partial charge in [0.05, 0.1) is 25.0 Å². The zero-order valence-corrected chi connectivity index (χ0v) is 18.2. The largest absolute Gasteiger partial charge is 0.465 e. The summed E-state index contributed by atoms with van der Waals surface area (Å²) in [5.41, 5.74) is 2.38. The number of hydrogen-bond donors (Lipinski definition) is 1. The standard InChI is InChI=1S/C23H27N5O4/c1-16(2)13-26(23(30)31)18-5-3-4-17(10-18)11-21-22(29)6-8-27(25-21)20-12-24-28(14-20)19-7-9-32-15-19/h3-6,8,10,12,14,16,19H,7,9,11,13,15H2,1-2H3,(H,30,31). The van der Waals surface area contributed by atoms with Crippen molar-refractivity contribution in [2.45, 2.75) is 32.7 Å². The second-order valence-corrected chi connectivity index (χ2v) is 8.40. The lowest BCUT2D eigenvalue weighted by Crippen LogP contribution is -2.32. The van der Waals surface area contributed by atoms with Gasteiger partial charge in [0, 0.05) is 37.5 Å². The number of carbonyl (C=O) groups is 1. The molecule has 1 aliphatic rings. The van der Waals surface area contributed by atoms with Gasteiger partial charge in [-0.2, -0.15) is 10.2 Å². The molecule has 2 aromatic heterocycles. The third-order valence-corrected chi connectivity index (χ3v) is 5.38. The van der Waals surface area contributed by atoms with E-state index in [2.05, 4.69) is 10.2 Å². The molecule has 0 aliphatic carbocycles. The molecule has 1 saturated heterocycles. The van der Waals surface area contributed by atoms with Gasteiger partial charge in [0.2, 0.25) is 5.43 Å². The van der Waals surface area contributed by atoms with E-state index in [4.69, 9.17) is 4.74 Å². The van der Waals surface area contributed by atoms with Crippen molar-refractivity contribution in [2.24, 2.45) is 5.92 Å².